The van der Waals surface area contributed by atoms with Crippen molar-refractivity contribution in [2.45, 2.75) is 30.2 Å². The van der Waals surface area contributed by atoms with Crippen LogP contribution in [0.5, 0.6) is 0 Å². The van der Waals surface area contributed by atoms with Crippen molar-refractivity contribution in [3.8, 4) is 0 Å². The molecule has 0 bridgehead atoms. The molecule has 0 saturated carbocycles. The Kier molecular flexibility index (Phi) is 4.50. The van der Waals surface area contributed by atoms with Crippen LogP contribution >= 0.6 is 11.6 Å². The molecule has 5 nitrogen and oxygen atoms in total. The number of nitrogens with zero attached hydrogens (tertiary/aromatic N) is 2. The van der Waals surface area contributed by atoms with Gasteiger partial charge in [-0.2, -0.15) is 4.31 Å². The highest BCUT2D eigenvalue weighted by Crippen LogP contribution is 2.32. The topological polar surface area (TPSA) is 57.7 Å². The zero-order valence-electron chi connectivity index (χ0n) is 14.1. The molecule has 1 saturated heterocycles. The van der Waals surface area contributed by atoms with Gasteiger partial charge in [0.2, 0.25) is 15.9 Å². The van der Waals surface area contributed by atoms with Crippen LogP contribution in [0.25, 0.3) is 0 Å². The average molecular weight is 391 g/mol. The molecule has 0 aromatic heterocycles. The first-order valence-electron chi connectivity index (χ1n) is 8.65. The fourth-order valence-corrected chi connectivity index (χ4v) is 5.54. The van der Waals surface area contributed by atoms with Gasteiger partial charge in [0.1, 0.15) is 6.04 Å². The lowest BCUT2D eigenvalue weighted by molar-refractivity contribution is -0.121. The number of sulfonamides is 1. The smallest absolute Gasteiger partial charge is 0.245 e. The minimum atomic E-state index is -3.73. The lowest BCUT2D eigenvalue weighted by Gasteiger charge is -2.27. The molecule has 1 fully saturated rings. The van der Waals surface area contributed by atoms with Gasteiger partial charge in [0.05, 0.1) is 4.90 Å². The molecule has 0 N–H and O–H groups in total. The van der Waals surface area contributed by atoms with E-state index < -0.39 is 16.1 Å². The van der Waals surface area contributed by atoms with Crippen LogP contribution in [-0.2, 0) is 21.2 Å². The van der Waals surface area contributed by atoms with E-state index in [9.17, 15) is 13.2 Å². The Morgan fingerprint density at radius 1 is 1.04 bits per heavy atom. The third-order valence-corrected chi connectivity index (χ3v) is 7.24. The average Bonchev–Trinajstić information content (AvgIpc) is 3.29. The number of amides is 1. The molecule has 26 heavy (non-hydrogen) atoms. The van der Waals surface area contributed by atoms with Crippen molar-refractivity contribution in [1.82, 2.24) is 4.31 Å². The molecule has 0 spiro atoms. The molecule has 1 amide bonds. The van der Waals surface area contributed by atoms with Crippen molar-refractivity contribution in [2.75, 3.05) is 18.0 Å². The number of carbonyl (C=O) groups is 1. The minimum absolute atomic E-state index is 0.134. The van der Waals surface area contributed by atoms with Gasteiger partial charge >= 0.3 is 0 Å². The van der Waals surface area contributed by atoms with Crippen LogP contribution in [0.15, 0.2) is 53.4 Å². The first-order valence-corrected chi connectivity index (χ1v) is 10.5. The highest BCUT2D eigenvalue weighted by atomic mass is 35.5. The van der Waals surface area contributed by atoms with Crippen LogP contribution in [0.4, 0.5) is 5.69 Å². The van der Waals surface area contributed by atoms with Crippen LogP contribution in [0.3, 0.4) is 0 Å². The summed E-state index contributed by atoms with van der Waals surface area (Å²) in [6.45, 7) is 0.959. The van der Waals surface area contributed by atoms with Gasteiger partial charge in [0, 0.05) is 23.8 Å². The Morgan fingerprint density at radius 2 is 1.77 bits per heavy atom. The number of rotatable bonds is 3. The van der Waals surface area contributed by atoms with Crippen molar-refractivity contribution in [1.29, 1.82) is 0 Å². The summed E-state index contributed by atoms with van der Waals surface area (Å²) >= 11 is 5.87. The molecule has 7 heteroatoms. The van der Waals surface area contributed by atoms with Crippen molar-refractivity contribution in [3.63, 3.8) is 0 Å². The first-order chi connectivity index (χ1) is 12.5. The van der Waals surface area contributed by atoms with E-state index in [1.54, 1.807) is 17.0 Å². The van der Waals surface area contributed by atoms with Crippen molar-refractivity contribution < 1.29 is 13.2 Å². The van der Waals surface area contributed by atoms with Gasteiger partial charge in [0.25, 0.3) is 0 Å². The van der Waals surface area contributed by atoms with E-state index in [0.29, 0.717) is 31.0 Å². The minimum Gasteiger partial charge on any atom is -0.310 e. The summed E-state index contributed by atoms with van der Waals surface area (Å²) in [6, 6.07) is 13.2. The van der Waals surface area contributed by atoms with Gasteiger partial charge in [0.15, 0.2) is 0 Å². The van der Waals surface area contributed by atoms with Crippen LogP contribution in [-0.4, -0.2) is 37.8 Å². The van der Waals surface area contributed by atoms with Crippen LogP contribution in [0.2, 0.25) is 5.02 Å². The number of hydrogen-bond acceptors (Lipinski definition) is 3. The molecule has 0 unspecified atom stereocenters. The molecule has 0 radical (unpaired) electrons. The quantitative estimate of drug-likeness (QED) is 0.809. The van der Waals surface area contributed by atoms with Crippen molar-refractivity contribution >= 4 is 33.2 Å². The largest absolute Gasteiger partial charge is 0.310 e. The summed E-state index contributed by atoms with van der Waals surface area (Å²) in [5.74, 6) is -0.134. The van der Waals surface area contributed by atoms with Gasteiger partial charge in [-0.15, -0.1) is 0 Å². The third kappa shape index (κ3) is 2.92. The lowest BCUT2D eigenvalue weighted by Crippen LogP contribution is -2.47. The number of hydrogen-bond donors (Lipinski definition) is 0. The second-order valence-corrected chi connectivity index (χ2v) is 8.92. The van der Waals surface area contributed by atoms with E-state index in [0.717, 1.165) is 17.7 Å². The molecule has 2 aromatic carbocycles. The second kappa shape index (κ2) is 6.68. The maximum Gasteiger partial charge on any atom is 0.245 e. The highest BCUT2D eigenvalue weighted by Gasteiger charge is 2.42. The lowest BCUT2D eigenvalue weighted by atomic mass is 10.1. The zero-order valence-corrected chi connectivity index (χ0v) is 15.7. The predicted octanol–water partition coefficient (Wildman–Crippen LogP) is 3.08. The number of halogens is 1. The summed E-state index contributed by atoms with van der Waals surface area (Å²) in [4.78, 5) is 15.1. The normalized spacial score (nSPS) is 20.3. The number of fused-ring (bicyclic) bond motifs is 1. The molecule has 2 aliphatic rings. The number of anilines is 1. The molecule has 1 atom stereocenters. The van der Waals surface area contributed by atoms with Crippen molar-refractivity contribution in [3.05, 3.63) is 59.1 Å². The molecule has 0 aliphatic carbocycles. The maximum absolute atomic E-state index is 13.2. The first kappa shape index (κ1) is 17.5. The van der Waals surface area contributed by atoms with E-state index in [2.05, 4.69) is 0 Å². The zero-order chi connectivity index (χ0) is 18.3. The molecule has 2 aromatic rings. The molecule has 2 heterocycles. The van der Waals surface area contributed by atoms with Gasteiger partial charge in [-0.05, 0) is 55.2 Å². The number of carbonyl (C=O) groups excluding carboxylic acids is 1. The Morgan fingerprint density at radius 3 is 2.54 bits per heavy atom. The summed E-state index contributed by atoms with van der Waals surface area (Å²) in [6.07, 6.45) is 2.03. The summed E-state index contributed by atoms with van der Waals surface area (Å²) < 4.78 is 27.4. The maximum atomic E-state index is 13.2. The van der Waals surface area contributed by atoms with Crippen molar-refractivity contribution in [2.24, 2.45) is 0 Å². The Bertz CT molecular complexity index is 944. The molecule has 2 aliphatic heterocycles. The Labute approximate surface area is 158 Å². The van der Waals surface area contributed by atoms with Crippen LogP contribution in [0.1, 0.15) is 18.4 Å². The van der Waals surface area contributed by atoms with Crippen LogP contribution < -0.4 is 4.90 Å². The monoisotopic (exact) mass is 390 g/mol. The fourth-order valence-electron chi connectivity index (χ4n) is 3.76. The van der Waals surface area contributed by atoms with E-state index in [1.165, 1.54) is 16.4 Å². The molecule has 136 valence electrons. The van der Waals surface area contributed by atoms with E-state index in [1.807, 2.05) is 24.3 Å². The number of para-hydroxylation sites is 1. The van der Waals surface area contributed by atoms with Crippen LogP contribution in [0, 0.1) is 0 Å². The summed E-state index contributed by atoms with van der Waals surface area (Å²) in [5, 5.41) is 0.478. The van der Waals surface area contributed by atoms with Gasteiger partial charge in [-0.25, -0.2) is 8.42 Å². The van der Waals surface area contributed by atoms with Gasteiger partial charge in [-0.1, -0.05) is 29.8 Å². The van der Waals surface area contributed by atoms with E-state index in [-0.39, 0.29) is 10.8 Å². The summed E-state index contributed by atoms with van der Waals surface area (Å²) in [7, 11) is -3.73. The van der Waals surface area contributed by atoms with Gasteiger partial charge < -0.3 is 4.90 Å². The molecular formula is C19H19ClN2O3S. The highest BCUT2D eigenvalue weighted by molar-refractivity contribution is 7.89. The summed E-state index contributed by atoms with van der Waals surface area (Å²) in [5.41, 5.74) is 2.03. The molecular weight excluding hydrogens is 372 g/mol. The predicted molar refractivity (Wildman–Crippen MR) is 101 cm³/mol. The number of benzene rings is 2. The Hall–Kier alpha value is -1.89. The fraction of sp³-hybridized carbons (Fsp3) is 0.316. The molecule has 4 rings (SSSR count). The SMILES string of the molecule is O=C([C@@H]1CCCN1S(=O)(=O)c1ccc(Cl)cc1)N1CCc2ccccc21. The van der Waals surface area contributed by atoms with Gasteiger partial charge in [-0.3, -0.25) is 4.79 Å². The standard InChI is InChI=1S/C19H19ClN2O3S/c20-15-7-9-16(10-8-15)26(24,25)22-12-3-6-18(22)19(23)21-13-11-14-4-1-2-5-17(14)21/h1-2,4-5,7-10,18H,3,6,11-13H2/t18-/m0/s1. The third-order valence-electron chi connectivity index (χ3n) is 5.06. The Balaban J connectivity index is 1.63. The second-order valence-electron chi connectivity index (χ2n) is 6.60. The van der Waals surface area contributed by atoms with E-state index in [4.69, 9.17) is 11.6 Å². The van der Waals surface area contributed by atoms with E-state index >= 15 is 0 Å².